The molecule has 1 aromatic rings. The lowest BCUT2D eigenvalue weighted by Crippen LogP contribution is -2.25. The van der Waals surface area contributed by atoms with Gasteiger partial charge in [0.05, 0.1) is 12.4 Å². The summed E-state index contributed by atoms with van der Waals surface area (Å²) in [5.41, 5.74) is 5.58. The van der Waals surface area contributed by atoms with Crippen LogP contribution < -0.4 is 10.6 Å². The molecule has 0 spiro atoms. The predicted octanol–water partition coefficient (Wildman–Crippen LogP) is 1.32. The Balaban J connectivity index is 3.01. The third-order valence-corrected chi connectivity index (χ3v) is 1.59. The molecule has 4 heteroatoms. The maximum absolute atomic E-state index is 13.0. The highest BCUT2D eigenvalue weighted by Crippen LogP contribution is 2.17. The molecule has 0 amide bonds. The van der Waals surface area contributed by atoms with Gasteiger partial charge in [0, 0.05) is 13.1 Å². The molecule has 2 nitrogen and oxygen atoms in total. The zero-order valence-electron chi connectivity index (χ0n) is 6.72. The smallest absolute Gasteiger partial charge is 0.149 e. The Morgan fingerprint density at radius 1 is 1.42 bits per heavy atom. The summed E-state index contributed by atoms with van der Waals surface area (Å²) in [6, 6.07) is 3.39. The van der Waals surface area contributed by atoms with Crippen molar-refractivity contribution in [2.45, 2.75) is 0 Å². The van der Waals surface area contributed by atoms with Gasteiger partial charge in [-0.15, -0.1) is 0 Å². The van der Waals surface area contributed by atoms with E-state index in [1.54, 1.807) is 7.05 Å². The Morgan fingerprint density at radius 3 is 2.58 bits per heavy atom. The van der Waals surface area contributed by atoms with Gasteiger partial charge in [-0.3, -0.25) is 0 Å². The lowest BCUT2D eigenvalue weighted by molar-refractivity contribution is 0.581. The molecule has 0 aromatic heterocycles. The monoisotopic (exact) mass is 172 g/mol. The van der Waals surface area contributed by atoms with Crippen LogP contribution in [0.1, 0.15) is 0 Å². The predicted molar refractivity (Wildman–Crippen MR) is 43.8 cm³/mol. The van der Waals surface area contributed by atoms with Crippen molar-refractivity contribution in [2.24, 2.45) is 5.73 Å². The molecule has 0 atom stereocenters. The highest BCUT2D eigenvalue weighted by molar-refractivity contribution is 5.46. The van der Waals surface area contributed by atoms with Crippen LogP contribution in [0.5, 0.6) is 0 Å². The third-order valence-electron chi connectivity index (χ3n) is 1.59. The summed E-state index contributed by atoms with van der Waals surface area (Å²) < 4.78 is 25.4. The van der Waals surface area contributed by atoms with E-state index in [1.807, 2.05) is 0 Å². The fourth-order valence-electron chi connectivity index (χ4n) is 0.889. The highest BCUT2D eigenvalue weighted by Gasteiger charge is 2.06. The van der Waals surface area contributed by atoms with E-state index in [2.05, 4.69) is 0 Å². The lowest BCUT2D eigenvalue weighted by Gasteiger charge is -2.16. The van der Waals surface area contributed by atoms with Gasteiger partial charge in [0.1, 0.15) is 11.6 Å². The van der Waals surface area contributed by atoms with Crippen LogP contribution in [0.4, 0.5) is 14.5 Å². The van der Waals surface area contributed by atoms with Crippen molar-refractivity contribution in [2.75, 3.05) is 18.6 Å². The maximum Gasteiger partial charge on any atom is 0.149 e. The topological polar surface area (TPSA) is 29.3 Å². The van der Waals surface area contributed by atoms with E-state index in [1.165, 1.54) is 17.0 Å². The van der Waals surface area contributed by atoms with E-state index in [0.717, 1.165) is 6.07 Å². The number of halogens is 2. The molecule has 0 saturated carbocycles. The van der Waals surface area contributed by atoms with Gasteiger partial charge in [0.15, 0.2) is 0 Å². The van der Waals surface area contributed by atoms with Gasteiger partial charge >= 0.3 is 0 Å². The molecular formula is C8H10F2N2. The van der Waals surface area contributed by atoms with E-state index >= 15 is 0 Å². The van der Waals surface area contributed by atoms with Gasteiger partial charge in [-0.1, -0.05) is 0 Å². The molecule has 0 radical (unpaired) electrons. The van der Waals surface area contributed by atoms with E-state index in [9.17, 15) is 8.78 Å². The number of nitrogens with two attached hydrogens (primary N) is 1. The standard InChI is InChI=1S/C8H10F2N2/c1-12(5-11)8-3-2-6(9)4-7(8)10/h2-4H,5,11H2,1H3. The van der Waals surface area contributed by atoms with Crippen molar-refractivity contribution in [3.63, 3.8) is 0 Å². The number of nitrogens with zero attached hydrogens (tertiary/aromatic N) is 1. The molecular weight excluding hydrogens is 162 g/mol. The molecule has 2 N–H and O–H groups in total. The fourth-order valence-corrected chi connectivity index (χ4v) is 0.889. The third kappa shape index (κ3) is 1.71. The van der Waals surface area contributed by atoms with Crippen molar-refractivity contribution in [1.82, 2.24) is 0 Å². The van der Waals surface area contributed by atoms with Crippen molar-refractivity contribution < 1.29 is 8.78 Å². The van der Waals surface area contributed by atoms with Gasteiger partial charge in [-0.2, -0.15) is 0 Å². The Morgan fingerprint density at radius 2 is 2.08 bits per heavy atom. The molecule has 66 valence electrons. The van der Waals surface area contributed by atoms with Gasteiger partial charge in [0.2, 0.25) is 0 Å². The van der Waals surface area contributed by atoms with E-state index in [4.69, 9.17) is 5.73 Å². The first-order valence-electron chi connectivity index (χ1n) is 3.51. The highest BCUT2D eigenvalue weighted by atomic mass is 19.1. The largest absolute Gasteiger partial charge is 0.360 e. The molecule has 0 heterocycles. The molecule has 1 rings (SSSR count). The molecule has 0 aliphatic rings. The average molecular weight is 172 g/mol. The van der Waals surface area contributed by atoms with Crippen LogP contribution in [0.2, 0.25) is 0 Å². The first-order chi connectivity index (χ1) is 5.65. The zero-order chi connectivity index (χ0) is 9.14. The summed E-state index contributed by atoms with van der Waals surface area (Å²) in [6.07, 6.45) is 0. The van der Waals surface area contributed by atoms with Crippen LogP contribution in [-0.4, -0.2) is 13.7 Å². The van der Waals surface area contributed by atoms with Gasteiger partial charge in [-0.25, -0.2) is 8.78 Å². The Bertz CT molecular complexity index is 276. The minimum Gasteiger partial charge on any atom is -0.360 e. The molecule has 0 saturated heterocycles. The summed E-state index contributed by atoms with van der Waals surface area (Å²) in [6.45, 7) is 0.197. The van der Waals surface area contributed by atoms with Crippen molar-refractivity contribution in [3.05, 3.63) is 29.8 Å². The number of rotatable bonds is 2. The van der Waals surface area contributed by atoms with Crippen LogP contribution in [-0.2, 0) is 0 Å². The summed E-state index contributed by atoms with van der Waals surface area (Å²) >= 11 is 0. The summed E-state index contributed by atoms with van der Waals surface area (Å²) in [5, 5.41) is 0. The summed E-state index contributed by atoms with van der Waals surface area (Å²) in [4.78, 5) is 1.49. The van der Waals surface area contributed by atoms with Crippen LogP contribution in [0.25, 0.3) is 0 Å². The molecule has 0 bridgehead atoms. The molecule has 12 heavy (non-hydrogen) atoms. The molecule has 0 unspecified atom stereocenters. The number of hydrogen-bond donors (Lipinski definition) is 1. The molecule has 0 aliphatic carbocycles. The second kappa shape index (κ2) is 3.49. The summed E-state index contributed by atoms with van der Waals surface area (Å²) in [7, 11) is 1.64. The first kappa shape index (κ1) is 8.93. The number of anilines is 1. The van der Waals surface area contributed by atoms with Crippen molar-refractivity contribution in [1.29, 1.82) is 0 Å². The van der Waals surface area contributed by atoms with Gasteiger partial charge < -0.3 is 10.6 Å². The molecule has 0 aliphatic heterocycles. The van der Waals surface area contributed by atoms with Crippen LogP contribution in [0, 0.1) is 11.6 Å². The molecule has 1 aromatic carbocycles. The Hall–Kier alpha value is -1.16. The van der Waals surface area contributed by atoms with Gasteiger partial charge in [-0.05, 0) is 12.1 Å². The van der Waals surface area contributed by atoms with Crippen molar-refractivity contribution in [3.8, 4) is 0 Å². The maximum atomic E-state index is 13.0. The van der Waals surface area contributed by atoms with E-state index in [-0.39, 0.29) is 6.67 Å². The van der Waals surface area contributed by atoms with Crippen LogP contribution >= 0.6 is 0 Å². The Labute approximate surface area is 69.6 Å². The minimum absolute atomic E-state index is 0.197. The normalized spacial score (nSPS) is 10.0. The second-order valence-corrected chi connectivity index (χ2v) is 2.48. The minimum atomic E-state index is -0.594. The van der Waals surface area contributed by atoms with Gasteiger partial charge in [0.25, 0.3) is 0 Å². The van der Waals surface area contributed by atoms with E-state index < -0.39 is 11.6 Å². The average Bonchev–Trinajstić information content (AvgIpc) is 2.03. The number of hydrogen-bond acceptors (Lipinski definition) is 2. The van der Waals surface area contributed by atoms with Crippen molar-refractivity contribution >= 4 is 5.69 Å². The molecule has 0 fully saturated rings. The fraction of sp³-hybridized carbons (Fsp3) is 0.250. The lowest BCUT2D eigenvalue weighted by atomic mass is 10.3. The Kier molecular flexibility index (Phi) is 2.60. The number of benzene rings is 1. The zero-order valence-corrected chi connectivity index (χ0v) is 6.72. The summed E-state index contributed by atoms with van der Waals surface area (Å²) in [5.74, 6) is -1.18. The van der Waals surface area contributed by atoms with Crippen LogP contribution in [0.3, 0.4) is 0 Å². The quantitative estimate of drug-likeness (QED) is 0.681. The first-order valence-corrected chi connectivity index (χ1v) is 3.51. The van der Waals surface area contributed by atoms with Crippen LogP contribution in [0.15, 0.2) is 18.2 Å². The van der Waals surface area contributed by atoms with E-state index in [0.29, 0.717) is 5.69 Å². The SMILES string of the molecule is CN(CN)c1ccc(F)cc1F. The second-order valence-electron chi connectivity index (χ2n) is 2.48.